The molecule has 0 atom stereocenters. The Hall–Kier alpha value is -1.41. The highest BCUT2D eigenvalue weighted by Gasteiger charge is 2.16. The molecule has 1 aromatic carbocycles. The molecule has 0 saturated carbocycles. The average Bonchev–Trinajstić information content (AvgIpc) is 2.49. The highest BCUT2D eigenvalue weighted by molar-refractivity contribution is 5.32. The Labute approximate surface area is 121 Å². The number of ether oxygens (including phenoxy) is 1. The molecule has 0 spiro atoms. The van der Waals surface area contributed by atoms with Crippen molar-refractivity contribution in [2.75, 3.05) is 45.9 Å². The SMILES string of the molecule is CCOCCN1CCN(Cc2cccc(C#N)c2)CC1. The van der Waals surface area contributed by atoms with Gasteiger partial charge in [0.25, 0.3) is 0 Å². The van der Waals surface area contributed by atoms with Crippen molar-refractivity contribution in [3.63, 3.8) is 0 Å². The van der Waals surface area contributed by atoms with Crippen molar-refractivity contribution in [1.29, 1.82) is 5.26 Å². The zero-order valence-electron chi connectivity index (χ0n) is 12.2. The van der Waals surface area contributed by atoms with Crippen LogP contribution in [0.4, 0.5) is 0 Å². The lowest BCUT2D eigenvalue weighted by Gasteiger charge is -2.34. The molecule has 1 heterocycles. The van der Waals surface area contributed by atoms with E-state index in [4.69, 9.17) is 10.00 Å². The monoisotopic (exact) mass is 273 g/mol. The van der Waals surface area contributed by atoms with Gasteiger partial charge in [-0.3, -0.25) is 9.80 Å². The first-order valence-corrected chi connectivity index (χ1v) is 7.33. The number of piperazine rings is 1. The van der Waals surface area contributed by atoms with E-state index >= 15 is 0 Å². The minimum atomic E-state index is 0.748. The fourth-order valence-electron chi connectivity index (χ4n) is 2.51. The van der Waals surface area contributed by atoms with Gasteiger partial charge in [-0.15, -0.1) is 0 Å². The third-order valence-electron chi connectivity index (χ3n) is 3.68. The van der Waals surface area contributed by atoms with Gasteiger partial charge in [-0.2, -0.15) is 5.26 Å². The first kappa shape index (κ1) is 15.0. The molecule has 1 fully saturated rings. The number of hydrogen-bond donors (Lipinski definition) is 0. The van der Waals surface area contributed by atoms with E-state index in [2.05, 4.69) is 21.9 Å². The van der Waals surface area contributed by atoms with Gasteiger partial charge in [0.15, 0.2) is 0 Å². The van der Waals surface area contributed by atoms with E-state index in [0.717, 1.165) is 58.0 Å². The maximum Gasteiger partial charge on any atom is 0.0991 e. The number of nitriles is 1. The van der Waals surface area contributed by atoms with E-state index in [9.17, 15) is 0 Å². The number of rotatable bonds is 6. The van der Waals surface area contributed by atoms with Crippen LogP contribution in [0.25, 0.3) is 0 Å². The fourth-order valence-corrected chi connectivity index (χ4v) is 2.51. The Bertz CT molecular complexity index is 447. The Morgan fingerprint density at radius 3 is 2.65 bits per heavy atom. The molecule has 1 aliphatic heterocycles. The number of benzene rings is 1. The first-order valence-electron chi connectivity index (χ1n) is 7.33. The predicted molar refractivity (Wildman–Crippen MR) is 79.4 cm³/mol. The van der Waals surface area contributed by atoms with Gasteiger partial charge >= 0.3 is 0 Å². The Morgan fingerprint density at radius 2 is 1.95 bits per heavy atom. The largest absolute Gasteiger partial charge is 0.380 e. The summed E-state index contributed by atoms with van der Waals surface area (Å²) in [5.41, 5.74) is 1.98. The summed E-state index contributed by atoms with van der Waals surface area (Å²) in [6, 6.07) is 10.1. The second kappa shape index (κ2) is 8.01. The molecule has 0 radical (unpaired) electrons. The van der Waals surface area contributed by atoms with Crippen molar-refractivity contribution in [2.45, 2.75) is 13.5 Å². The quantitative estimate of drug-likeness (QED) is 0.740. The fraction of sp³-hybridized carbons (Fsp3) is 0.562. The van der Waals surface area contributed by atoms with E-state index in [0.29, 0.717) is 0 Å². The summed E-state index contributed by atoms with van der Waals surface area (Å²) >= 11 is 0. The van der Waals surface area contributed by atoms with Gasteiger partial charge in [-0.05, 0) is 24.6 Å². The second-order valence-electron chi connectivity index (χ2n) is 5.13. The third kappa shape index (κ3) is 4.61. The smallest absolute Gasteiger partial charge is 0.0991 e. The second-order valence-corrected chi connectivity index (χ2v) is 5.13. The van der Waals surface area contributed by atoms with Gasteiger partial charge in [-0.1, -0.05) is 12.1 Å². The summed E-state index contributed by atoms with van der Waals surface area (Å²) in [6.45, 7) is 10.0. The van der Waals surface area contributed by atoms with Crippen molar-refractivity contribution in [3.05, 3.63) is 35.4 Å². The molecule has 0 N–H and O–H groups in total. The van der Waals surface area contributed by atoms with Crippen molar-refractivity contribution in [3.8, 4) is 6.07 Å². The zero-order valence-corrected chi connectivity index (χ0v) is 12.2. The molecule has 0 aromatic heterocycles. The summed E-state index contributed by atoms with van der Waals surface area (Å²) in [7, 11) is 0. The molecule has 2 rings (SSSR count). The van der Waals surface area contributed by atoms with Crippen LogP contribution in [0.3, 0.4) is 0 Å². The van der Waals surface area contributed by atoms with Crippen molar-refractivity contribution < 1.29 is 4.74 Å². The van der Waals surface area contributed by atoms with Gasteiger partial charge < -0.3 is 4.74 Å². The molecule has 0 bridgehead atoms. The topological polar surface area (TPSA) is 39.5 Å². The van der Waals surface area contributed by atoms with E-state index < -0.39 is 0 Å². The summed E-state index contributed by atoms with van der Waals surface area (Å²) < 4.78 is 5.40. The minimum absolute atomic E-state index is 0.748. The van der Waals surface area contributed by atoms with Gasteiger partial charge in [-0.25, -0.2) is 0 Å². The predicted octanol–water partition coefficient (Wildman–Crippen LogP) is 1.71. The third-order valence-corrected chi connectivity index (χ3v) is 3.68. The molecule has 4 heteroatoms. The average molecular weight is 273 g/mol. The van der Waals surface area contributed by atoms with E-state index in [-0.39, 0.29) is 0 Å². The zero-order chi connectivity index (χ0) is 14.2. The molecule has 4 nitrogen and oxygen atoms in total. The number of nitrogens with zero attached hydrogens (tertiary/aromatic N) is 3. The maximum absolute atomic E-state index is 8.92. The Balaban J connectivity index is 1.75. The highest BCUT2D eigenvalue weighted by Crippen LogP contribution is 2.10. The molecular weight excluding hydrogens is 250 g/mol. The van der Waals surface area contributed by atoms with Crippen molar-refractivity contribution in [2.24, 2.45) is 0 Å². The summed E-state index contributed by atoms with van der Waals surface area (Å²) in [5.74, 6) is 0. The van der Waals surface area contributed by atoms with E-state index in [1.165, 1.54) is 5.56 Å². The summed E-state index contributed by atoms with van der Waals surface area (Å²) in [6.07, 6.45) is 0. The molecule has 0 amide bonds. The highest BCUT2D eigenvalue weighted by atomic mass is 16.5. The van der Waals surface area contributed by atoms with E-state index in [1.54, 1.807) is 0 Å². The standard InChI is InChI=1S/C16H23N3O/c1-2-20-11-10-18-6-8-19(9-7-18)14-16-5-3-4-15(12-16)13-17/h3-5,12H,2,6-11,14H2,1H3. The van der Waals surface area contributed by atoms with Gasteiger partial charge in [0.1, 0.15) is 0 Å². The normalized spacial score (nSPS) is 17.0. The van der Waals surface area contributed by atoms with Crippen LogP contribution in [-0.4, -0.2) is 55.7 Å². The molecule has 1 aliphatic rings. The van der Waals surface area contributed by atoms with Crippen LogP contribution in [0, 0.1) is 11.3 Å². The number of hydrogen-bond acceptors (Lipinski definition) is 4. The van der Waals surface area contributed by atoms with Crippen LogP contribution in [0.15, 0.2) is 24.3 Å². The molecule has 0 aliphatic carbocycles. The van der Waals surface area contributed by atoms with E-state index in [1.807, 2.05) is 25.1 Å². The van der Waals surface area contributed by atoms with Crippen LogP contribution in [-0.2, 0) is 11.3 Å². The molecule has 1 saturated heterocycles. The Kier molecular flexibility index (Phi) is 6.00. The van der Waals surface area contributed by atoms with Gasteiger partial charge in [0.2, 0.25) is 0 Å². The molecule has 20 heavy (non-hydrogen) atoms. The van der Waals surface area contributed by atoms with Gasteiger partial charge in [0, 0.05) is 45.9 Å². The summed E-state index contributed by atoms with van der Waals surface area (Å²) in [4.78, 5) is 4.91. The summed E-state index contributed by atoms with van der Waals surface area (Å²) in [5, 5.41) is 8.92. The maximum atomic E-state index is 8.92. The van der Waals surface area contributed by atoms with Crippen LogP contribution in [0.2, 0.25) is 0 Å². The van der Waals surface area contributed by atoms with Crippen LogP contribution >= 0.6 is 0 Å². The van der Waals surface area contributed by atoms with Crippen LogP contribution in [0.5, 0.6) is 0 Å². The lowest BCUT2D eigenvalue weighted by molar-refractivity contribution is 0.0786. The molecule has 108 valence electrons. The minimum Gasteiger partial charge on any atom is -0.380 e. The van der Waals surface area contributed by atoms with Crippen molar-refractivity contribution in [1.82, 2.24) is 9.80 Å². The van der Waals surface area contributed by atoms with Crippen molar-refractivity contribution >= 4 is 0 Å². The molecule has 0 unspecified atom stereocenters. The van der Waals surface area contributed by atoms with Crippen LogP contribution < -0.4 is 0 Å². The first-order chi connectivity index (χ1) is 9.81. The Morgan fingerprint density at radius 1 is 1.20 bits per heavy atom. The lowest BCUT2D eigenvalue weighted by atomic mass is 10.1. The van der Waals surface area contributed by atoms with Gasteiger partial charge in [0.05, 0.1) is 18.2 Å². The molecule has 1 aromatic rings. The molecular formula is C16H23N3O. The lowest BCUT2D eigenvalue weighted by Crippen LogP contribution is -2.46. The van der Waals surface area contributed by atoms with Crippen LogP contribution in [0.1, 0.15) is 18.1 Å².